The van der Waals surface area contributed by atoms with E-state index in [1.54, 1.807) is 0 Å². The van der Waals surface area contributed by atoms with E-state index in [9.17, 15) is 0 Å². The van der Waals surface area contributed by atoms with E-state index in [1.807, 2.05) is 0 Å². The van der Waals surface area contributed by atoms with Crippen molar-refractivity contribution in [3.63, 3.8) is 0 Å². The fraction of sp³-hybridized carbons (Fsp3) is 0. The van der Waals surface area contributed by atoms with Gasteiger partial charge < -0.3 is 0 Å². The Kier molecular flexibility index (Phi) is 14.7. The van der Waals surface area contributed by atoms with Crippen molar-refractivity contribution < 1.29 is 13.6 Å². The van der Waals surface area contributed by atoms with Gasteiger partial charge in [-0.1, -0.05) is 0 Å². The Morgan fingerprint density at radius 3 is 0.442 bits per heavy atom. The molecule has 8 aromatic carbocycles. The molecule has 4 heterocycles. The van der Waals surface area contributed by atoms with E-state index in [2.05, 4.69) is 340 Å². The minimum atomic E-state index is -4.77. The number of rotatable bonds is 16. The zero-order chi connectivity index (χ0) is 51.9. The molecule has 382 valence electrons. The third kappa shape index (κ3) is 7.91. The molecule has 0 atom stereocenters. The molecule has 0 bridgehead atoms. The van der Waals surface area contributed by atoms with E-state index >= 15 is 0 Å². The van der Waals surface area contributed by atoms with E-state index in [4.69, 9.17) is 19.9 Å². The molecule has 0 saturated heterocycles. The van der Waals surface area contributed by atoms with Crippen LogP contribution in [0.3, 0.4) is 0 Å². The van der Waals surface area contributed by atoms with Gasteiger partial charge >= 0.3 is 460 Å². The van der Waals surface area contributed by atoms with E-state index < -0.39 is 35.4 Å². The van der Waals surface area contributed by atoms with Crippen molar-refractivity contribution in [3.05, 3.63) is 340 Å². The van der Waals surface area contributed by atoms with E-state index in [1.165, 1.54) is 42.4 Å². The first kappa shape index (κ1) is 50.6. The summed E-state index contributed by atoms with van der Waals surface area (Å²) in [6.45, 7) is 0. The predicted molar refractivity (Wildman–Crippen MR) is 337 cm³/mol. The fourth-order valence-corrected chi connectivity index (χ4v) is 170. The molecule has 0 unspecified atom stereocenters. The van der Waals surface area contributed by atoms with E-state index in [0.717, 1.165) is 21.7 Å². The van der Waals surface area contributed by atoms with Gasteiger partial charge in [-0.25, -0.2) is 0 Å². The van der Waals surface area contributed by atoms with Gasteiger partial charge in [0.2, 0.25) is 0 Å². The van der Waals surface area contributed by atoms with E-state index in [0.29, 0.717) is 0 Å². The van der Waals surface area contributed by atoms with Gasteiger partial charge in [0.25, 0.3) is 0 Å². The van der Waals surface area contributed by atoms with Gasteiger partial charge in [-0.2, -0.15) is 0 Å². The topological polar surface area (TPSA) is 51.6 Å². The van der Waals surface area contributed by atoms with Crippen LogP contribution in [0, 0.1) is 0 Å². The zero-order valence-corrected chi connectivity index (χ0v) is 48.0. The molecule has 0 radical (unpaired) electrons. The summed E-state index contributed by atoms with van der Waals surface area (Å²) in [5.41, 5.74) is -12.1. The first-order chi connectivity index (χ1) is 38.3. The summed E-state index contributed by atoms with van der Waals surface area (Å²) in [5.74, 6) is 0. The van der Waals surface area contributed by atoms with Crippen molar-refractivity contribution in [3.8, 4) is 0 Å². The summed E-state index contributed by atoms with van der Waals surface area (Å²) in [6.07, 6.45) is 8.29. The molecule has 0 saturated carbocycles. The predicted octanol–water partition coefficient (Wildman–Crippen LogP) is 10.3. The Morgan fingerprint density at radius 2 is 0.312 bits per heavy atom. The van der Waals surface area contributed by atoms with Crippen LogP contribution < -0.4 is 64.2 Å². The molecule has 0 fully saturated rings. The minimum absolute atomic E-state index is 1.12. The molecule has 12 rings (SSSR count). The van der Waals surface area contributed by atoms with Crippen molar-refractivity contribution in [2.45, 2.75) is 0 Å². The molecule has 0 aliphatic carbocycles. The van der Waals surface area contributed by atoms with E-state index in [-0.39, 0.29) is 0 Å². The third-order valence-electron chi connectivity index (χ3n) is 14.7. The molecule has 9 heteroatoms. The van der Waals surface area contributed by atoms with Crippen LogP contribution in [-0.2, 0) is 13.6 Å². The summed E-state index contributed by atoms with van der Waals surface area (Å²) in [6, 6.07) is 121. The Morgan fingerprint density at radius 1 is 0.169 bits per heavy atom. The van der Waals surface area contributed by atoms with Gasteiger partial charge in [0.1, 0.15) is 0 Å². The van der Waals surface area contributed by atoms with Gasteiger partial charge in [-0.3, -0.25) is 0 Å². The van der Waals surface area contributed by atoms with Gasteiger partial charge in [0.15, 0.2) is 0 Å². The molecule has 77 heavy (non-hydrogen) atoms. The number of hydrogen-bond acceptors (Lipinski definition) is 4. The van der Waals surface area contributed by atoms with Crippen LogP contribution in [0.25, 0.3) is 0 Å². The molecular weight excluding hydrogens is 1100 g/mol. The normalized spacial score (nSPS) is 14.0. The summed E-state index contributed by atoms with van der Waals surface area (Å²) in [4.78, 5) is 24.2. The summed E-state index contributed by atoms with van der Waals surface area (Å²) >= 11 is -4.77. The molecule has 0 spiro atoms. The maximum atomic E-state index is 6.06. The van der Waals surface area contributed by atoms with Crippen molar-refractivity contribution in [2.75, 3.05) is 0 Å². The maximum absolute atomic E-state index is 6.06. The quantitative estimate of drug-likeness (QED) is 0.0715. The summed E-state index contributed by atoms with van der Waals surface area (Å²) in [7, 11) is 0. The fourth-order valence-electron chi connectivity index (χ4n) is 12.0. The monoisotopic (exact) mass is 1160 g/mol. The average molecular weight is 1160 g/mol. The number of aromatic nitrogens is 4. The molecule has 0 aliphatic rings. The van der Waals surface area contributed by atoms with Crippen LogP contribution in [0.1, 0.15) is 0 Å². The van der Waals surface area contributed by atoms with Crippen LogP contribution in [-0.4, -0.2) is 19.9 Å². The molecule has 4 nitrogen and oxygen atoms in total. The molecular formula is C68H60N4P4Pd. The van der Waals surface area contributed by atoms with Crippen LogP contribution in [0.2, 0.25) is 0 Å². The first-order valence-electron chi connectivity index (χ1n) is 26.0. The Labute approximate surface area is 456 Å². The standard InChI is InChI=1S/4C17H14NP.Pd/c4*1-3-9-15(10-4-1)19(16-11-5-2-6-12-16)17-13-7-8-14-18-17;/h4*1-14H;/q;;;;-4/p+4. The Balaban J connectivity index is 1.64. The molecule has 12 aromatic rings. The van der Waals surface area contributed by atoms with Crippen molar-refractivity contribution in [1.29, 1.82) is 0 Å². The van der Waals surface area contributed by atoms with Gasteiger partial charge in [0.05, 0.1) is 0 Å². The summed E-state index contributed by atoms with van der Waals surface area (Å²) in [5, 5.41) is 10.5. The van der Waals surface area contributed by atoms with Crippen LogP contribution in [0.15, 0.2) is 340 Å². The second kappa shape index (κ2) is 22.4. The van der Waals surface area contributed by atoms with Crippen LogP contribution in [0.5, 0.6) is 0 Å². The van der Waals surface area contributed by atoms with Gasteiger partial charge in [-0.05, 0) is 0 Å². The van der Waals surface area contributed by atoms with Crippen LogP contribution in [0.4, 0.5) is 0 Å². The number of pyridine rings is 4. The molecule has 0 aliphatic heterocycles. The van der Waals surface area contributed by atoms with Crippen molar-refractivity contribution in [1.82, 2.24) is 19.9 Å². The van der Waals surface area contributed by atoms with Crippen molar-refractivity contribution in [2.24, 2.45) is 0 Å². The number of hydrogen-bond donors (Lipinski definition) is 0. The zero-order valence-electron chi connectivity index (χ0n) is 42.4. The third-order valence-corrected chi connectivity index (χ3v) is 117. The van der Waals surface area contributed by atoms with Crippen molar-refractivity contribution >= 4 is 86.0 Å². The SMILES string of the molecule is c1ccc([PH](c2ccccc2)(c2ccccn2)[Pd]([PH](c2ccccc2)(c2ccccc2)c2ccccn2)([PH](c2ccccc2)(c2ccccc2)c2ccccn2)[PH](c2ccccc2)(c2ccccc2)c2ccccn2)cc1. The van der Waals surface area contributed by atoms with Gasteiger partial charge in [0, 0.05) is 0 Å². The van der Waals surface area contributed by atoms with Crippen LogP contribution >= 0.6 is 21.8 Å². The first-order valence-corrected chi connectivity index (χ1v) is 42.6. The van der Waals surface area contributed by atoms with Gasteiger partial charge in [-0.15, -0.1) is 0 Å². The molecule has 0 N–H and O–H groups in total. The number of nitrogens with zero attached hydrogens (tertiary/aromatic N) is 4. The molecule has 4 aromatic heterocycles. The Bertz CT molecular complexity index is 2880. The second-order valence-corrected chi connectivity index (χ2v) is 69.0. The summed E-state index contributed by atoms with van der Waals surface area (Å²) < 4.78 is 0. The molecule has 0 amide bonds. The average Bonchev–Trinajstić information content (AvgIpc) is 3.71. The second-order valence-electron chi connectivity index (χ2n) is 18.7. The Hall–Kier alpha value is -7.26. The number of benzene rings is 8.